The number of Topliss-reactive ketones (excluding diaryl/α,β-unsaturated/α-hetero) is 1. The molecule has 4 rings (SSSR count). The van der Waals surface area contributed by atoms with E-state index in [2.05, 4.69) is 11.1 Å². The molecular weight excluding hydrogens is 316 g/mol. The molecule has 2 aromatic carbocycles. The summed E-state index contributed by atoms with van der Waals surface area (Å²) in [5.41, 5.74) is 3.55. The molecule has 3 aromatic rings. The van der Waals surface area contributed by atoms with Crippen molar-refractivity contribution in [3.05, 3.63) is 65.4 Å². The van der Waals surface area contributed by atoms with E-state index in [4.69, 9.17) is 4.74 Å². The van der Waals surface area contributed by atoms with Crippen LogP contribution in [0.1, 0.15) is 21.5 Å². The summed E-state index contributed by atoms with van der Waals surface area (Å²) in [5.74, 6) is -0.294. The Morgan fingerprint density at radius 3 is 2.72 bits per heavy atom. The lowest BCUT2D eigenvalue weighted by Gasteiger charge is -2.28. The van der Waals surface area contributed by atoms with Gasteiger partial charge in [-0.2, -0.15) is 0 Å². The molecule has 0 saturated carbocycles. The number of aromatic nitrogens is 1. The van der Waals surface area contributed by atoms with Crippen molar-refractivity contribution in [3.63, 3.8) is 0 Å². The Morgan fingerprint density at radius 1 is 1.12 bits per heavy atom. The maximum absolute atomic E-state index is 12.8. The van der Waals surface area contributed by atoms with Gasteiger partial charge >= 0.3 is 0 Å². The summed E-state index contributed by atoms with van der Waals surface area (Å²) in [6.07, 6.45) is 2.37. The number of hydrogen-bond donors (Lipinski definition) is 1. The molecule has 0 saturated heterocycles. The molecule has 2 heterocycles. The first-order valence-corrected chi connectivity index (χ1v) is 8.23. The Labute approximate surface area is 145 Å². The highest BCUT2D eigenvalue weighted by Gasteiger charge is 2.28. The van der Waals surface area contributed by atoms with Crippen LogP contribution in [-0.4, -0.2) is 35.2 Å². The van der Waals surface area contributed by atoms with Gasteiger partial charge < -0.3 is 14.6 Å². The lowest BCUT2D eigenvalue weighted by molar-refractivity contribution is -0.127. The van der Waals surface area contributed by atoms with Crippen LogP contribution in [-0.2, 0) is 17.8 Å². The molecule has 0 fully saturated rings. The largest absolute Gasteiger partial charge is 0.497 e. The second kappa shape index (κ2) is 6.09. The molecule has 0 spiro atoms. The first-order chi connectivity index (χ1) is 12.2. The van der Waals surface area contributed by atoms with Crippen LogP contribution in [0.5, 0.6) is 5.75 Å². The van der Waals surface area contributed by atoms with Gasteiger partial charge in [0.05, 0.1) is 12.7 Å². The number of hydrogen-bond acceptors (Lipinski definition) is 3. The molecule has 5 nitrogen and oxygen atoms in total. The van der Waals surface area contributed by atoms with E-state index in [1.807, 2.05) is 30.3 Å². The van der Waals surface area contributed by atoms with Crippen LogP contribution in [0.3, 0.4) is 0 Å². The van der Waals surface area contributed by atoms with Gasteiger partial charge in [-0.05, 0) is 35.7 Å². The van der Waals surface area contributed by atoms with E-state index in [9.17, 15) is 9.59 Å². The second-order valence-corrected chi connectivity index (χ2v) is 6.19. The van der Waals surface area contributed by atoms with E-state index in [1.165, 1.54) is 5.56 Å². The minimum Gasteiger partial charge on any atom is -0.497 e. The SMILES string of the molecule is COc1ccc2[nH]cc(C(=O)C(=O)N3CCc4ccccc4C3)c2c1. The average Bonchev–Trinajstić information content (AvgIpc) is 3.09. The fourth-order valence-electron chi connectivity index (χ4n) is 3.34. The zero-order chi connectivity index (χ0) is 17.4. The number of methoxy groups -OCH3 is 1. The van der Waals surface area contributed by atoms with E-state index >= 15 is 0 Å². The number of ketones is 1. The van der Waals surface area contributed by atoms with E-state index in [1.54, 1.807) is 24.3 Å². The standard InChI is InChI=1S/C20H18N2O3/c1-25-15-6-7-18-16(10-15)17(11-21-18)19(23)20(24)22-9-8-13-4-2-3-5-14(13)12-22/h2-7,10-11,21H,8-9,12H2,1H3. The molecule has 0 bridgehead atoms. The smallest absolute Gasteiger partial charge is 0.295 e. The molecule has 1 amide bonds. The zero-order valence-corrected chi connectivity index (χ0v) is 13.9. The number of nitrogens with zero attached hydrogens (tertiary/aromatic N) is 1. The monoisotopic (exact) mass is 334 g/mol. The van der Waals surface area contributed by atoms with Crippen molar-refractivity contribution in [3.8, 4) is 5.75 Å². The van der Waals surface area contributed by atoms with Crippen LogP contribution in [0.15, 0.2) is 48.7 Å². The number of carbonyl (C=O) groups excluding carboxylic acids is 2. The lowest BCUT2D eigenvalue weighted by Crippen LogP contribution is -2.40. The van der Waals surface area contributed by atoms with E-state index in [0.717, 1.165) is 17.5 Å². The number of rotatable bonds is 3. The van der Waals surface area contributed by atoms with Gasteiger partial charge in [0.1, 0.15) is 5.75 Å². The number of amides is 1. The van der Waals surface area contributed by atoms with Crippen molar-refractivity contribution in [1.29, 1.82) is 0 Å². The summed E-state index contributed by atoms with van der Waals surface area (Å²) < 4.78 is 5.22. The summed E-state index contributed by atoms with van der Waals surface area (Å²) in [6, 6.07) is 13.5. The highest BCUT2D eigenvalue weighted by Crippen LogP contribution is 2.25. The van der Waals surface area contributed by atoms with Crippen molar-refractivity contribution in [2.75, 3.05) is 13.7 Å². The average molecular weight is 334 g/mol. The second-order valence-electron chi connectivity index (χ2n) is 6.19. The first-order valence-electron chi connectivity index (χ1n) is 8.23. The predicted octanol–water partition coefficient (Wildman–Crippen LogP) is 2.94. The highest BCUT2D eigenvalue weighted by atomic mass is 16.5. The molecule has 1 aliphatic heterocycles. The number of H-pyrrole nitrogens is 1. The Kier molecular flexibility index (Phi) is 3.76. The van der Waals surface area contributed by atoms with E-state index in [0.29, 0.717) is 29.8 Å². The summed E-state index contributed by atoms with van der Waals surface area (Å²) >= 11 is 0. The van der Waals surface area contributed by atoms with Crippen LogP contribution in [0.2, 0.25) is 0 Å². The van der Waals surface area contributed by atoms with Crippen LogP contribution in [0.4, 0.5) is 0 Å². The third-order valence-electron chi connectivity index (χ3n) is 4.75. The summed E-state index contributed by atoms with van der Waals surface area (Å²) in [7, 11) is 1.58. The van der Waals surface area contributed by atoms with E-state index < -0.39 is 11.7 Å². The van der Waals surface area contributed by atoms with Gasteiger partial charge in [0, 0.05) is 30.2 Å². The predicted molar refractivity (Wildman–Crippen MR) is 94.7 cm³/mol. The van der Waals surface area contributed by atoms with Gasteiger partial charge in [0.25, 0.3) is 11.7 Å². The number of fused-ring (bicyclic) bond motifs is 2. The normalized spacial score (nSPS) is 13.6. The molecule has 1 aromatic heterocycles. The quantitative estimate of drug-likeness (QED) is 0.592. The lowest BCUT2D eigenvalue weighted by atomic mass is 9.99. The number of benzene rings is 2. The molecule has 0 atom stereocenters. The minimum absolute atomic E-state index is 0.387. The molecule has 0 unspecified atom stereocenters. The Bertz CT molecular complexity index is 974. The highest BCUT2D eigenvalue weighted by molar-refractivity contribution is 6.44. The molecule has 0 aliphatic carbocycles. The van der Waals surface area contributed by atoms with Crippen LogP contribution in [0, 0.1) is 0 Å². The Hall–Kier alpha value is -3.08. The van der Waals surface area contributed by atoms with E-state index in [-0.39, 0.29) is 0 Å². The molecule has 5 heteroatoms. The fourth-order valence-corrected chi connectivity index (χ4v) is 3.34. The Morgan fingerprint density at radius 2 is 1.92 bits per heavy atom. The summed E-state index contributed by atoms with van der Waals surface area (Å²) in [6.45, 7) is 1.04. The van der Waals surface area contributed by atoms with Crippen molar-refractivity contribution < 1.29 is 14.3 Å². The van der Waals surface area contributed by atoms with Gasteiger partial charge in [-0.1, -0.05) is 24.3 Å². The van der Waals surface area contributed by atoms with Crippen LogP contribution in [0.25, 0.3) is 10.9 Å². The molecule has 1 N–H and O–H groups in total. The number of nitrogens with one attached hydrogen (secondary N) is 1. The van der Waals surface area contributed by atoms with Gasteiger partial charge in [0.15, 0.2) is 0 Å². The Balaban J connectivity index is 1.62. The van der Waals surface area contributed by atoms with Gasteiger partial charge in [-0.3, -0.25) is 9.59 Å². The van der Waals surface area contributed by atoms with Crippen molar-refractivity contribution in [2.45, 2.75) is 13.0 Å². The van der Waals surface area contributed by atoms with Crippen molar-refractivity contribution >= 4 is 22.6 Å². The molecule has 25 heavy (non-hydrogen) atoms. The molecular formula is C20H18N2O3. The van der Waals surface area contributed by atoms with Gasteiger partial charge in [-0.25, -0.2) is 0 Å². The topological polar surface area (TPSA) is 62.4 Å². The maximum Gasteiger partial charge on any atom is 0.295 e. The third-order valence-corrected chi connectivity index (χ3v) is 4.75. The van der Waals surface area contributed by atoms with Crippen LogP contribution < -0.4 is 4.74 Å². The minimum atomic E-state index is -0.487. The first kappa shape index (κ1) is 15.4. The fraction of sp³-hybridized carbons (Fsp3) is 0.200. The third kappa shape index (κ3) is 2.67. The van der Waals surface area contributed by atoms with Crippen LogP contribution >= 0.6 is 0 Å². The number of aromatic amines is 1. The molecule has 0 radical (unpaired) electrons. The molecule has 126 valence electrons. The molecule has 1 aliphatic rings. The van der Waals surface area contributed by atoms with Gasteiger partial charge in [0.2, 0.25) is 0 Å². The zero-order valence-electron chi connectivity index (χ0n) is 13.9. The van der Waals surface area contributed by atoms with Crippen molar-refractivity contribution in [1.82, 2.24) is 9.88 Å². The number of ether oxygens (including phenoxy) is 1. The van der Waals surface area contributed by atoms with Crippen molar-refractivity contribution in [2.24, 2.45) is 0 Å². The summed E-state index contributed by atoms with van der Waals surface area (Å²) in [5, 5.41) is 0.704. The number of carbonyl (C=O) groups is 2. The summed E-state index contributed by atoms with van der Waals surface area (Å²) in [4.78, 5) is 30.2. The van der Waals surface area contributed by atoms with Gasteiger partial charge in [-0.15, -0.1) is 0 Å². The maximum atomic E-state index is 12.8.